The van der Waals surface area contributed by atoms with Crippen molar-refractivity contribution < 1.29 is 17.9 Å². The van der Waals surface area contributed by atoms with Gasteiger partial charge in [0.15, 0.2) is 9.84 Å². The number of amides is 1. The monoisotopic (exact) mass is 392 g/mol. The number of nitrogens with zero attached hydrogens (tertiary/aromatic N) is 1. The molecule has 1 aromatic carbocycles. The normalized spacial score (nSPS) is 30.5. The Morgan fingerprint density at radius 3 is 2.89 bits per heavy atom. The lowest BCUT2D eigenvalue weighted by atomic mass is 9.83. The molecule has 0 unspecified atom stereocenters. The lowest BCUT2D eigenvalue weighted by molar-refractivity contribution is -0.124. The quantitative estimate of drug-likeness (QED) is 0.813. The second-order valence-electron chi connectivity index (χ2n) is 8.35. The van der Waals surface area contributed by atoms with Gasteiger partial charge in [-0.05, 0) is 31.4 Å². The van der Waals surface area contributed by atoms with E-state index in [-0.39, 0.29) is 29.6 Å². The molecule has 1 aromatic rings. The number of piperidine rings is 1. The number of hydrogen-bond donors (Lipinski definition) is 1. The highest BCUT2D eigenvalue weighted by atomic mass is 32.2. The Labute approximate surface area is 161 Å². The van der Waals surface area contributed by atoms with Crippen LogP contribution in [0.5, 0.6) is 0 Å². The number of carbonyl (C=O) groups excluding carboxylic acids is 1. The van der Waals surface area contributed by atoms with Crippen molar-refractivity contribution in [3.63, 3.8) is 0 Å². The molecule has 27 heavy (non-hydrogen) atoms. The number of carbonyl (C=O) groups is 1. The average molecular weight is 393 g/mol. The molecule has 3 aliphatic rings. The van der Waals surface area contributed by atoms with Crippen LogP contribution < -0.4 is 5.32 Å². The lowest BCUT2D eigenvalue weighted by Gasteiger charge is -2.35. The van der Waals surface area contributed by atoms with Gasteiger partial charge in [-0.3, -0.25) is 9.69 Å². The third kappa shape index (κ3) is 4.52. The minimum absolute atomic E-state index is 0.0344. The van der Waals surface area contributed by atoms with Crippen LogP contribution in [-0.2, 0) is 25.9 Å². The van der Waals surface area contributed by atoms with Crippen LogP contribution in [0.4, 0.5) is 0 Å². The molecular formula is C20H28N2O4S. The summed E-state index contributed by atoms with van der Waals surface area (Å²) in [6.45, 7) is 5.83. The van der Waals surface area contributed by atoms with Crippen LogP contribution >= 0.6 is 0 Å². The standard InChI is InChI=1S/C20H28N2O4S/c1-14-3-2-4-15(7-14)9-22-6-5-18-16(10-22)11-26-19(18)8-20(23)21-17-12-27(24,25)13-17/h2-4,7,16-19H,5-6,8-13H2,1H3,(H,21,23)/t16-,18-,19+/m1/s1. The van der Waals surface area contributed by atoms with Gasteiger partial charge in [0.25, 0.3) is 0 Å². The number of benzene rings is 1. The van der Waals surface area contributed by atoms with Crippen molar-refractivity contribution in [1.82, 2.24) is 10.2 Å². The zero-order valence-electron chi connectivity index (χ0n) is 15.8. The van der Waals surface area contributed by atoms with E-state index >= 15 is 0 Å². The van der Waals surface area contributed by atoms with Crippen molar-refractivity contribution in [3.8, 4) is 0 Å². The molecule has 3 fully saturated rings. The Balaban J connectivity index is 1.26. The van der Waals surface area contributed by atoms with Crippen molar-refractivity contribution in [3.05, 3.63) is 35.4 Å². The van der Waals surface area contributed by atoms with Crippen molar-refractivity contribution in [1.29, 1.82) is 0 Å². The fraction of sp³-hybridized carbons (Fsp3) is 0.650. The van der Waals surface area contributed by atoms with E-state index in [1.54, 1.807) is 0 Å². The molecule has 3 atom stereocenters. The predicted molar refractivity (Wildman–Crippen MR) is 103 cm³/mol. The van der Waals surface area contributed by atoms with Crippen LogP contribution in [0, 0.1) is 18.8 Å². The minimum Gasteiger partial charge on any atom is -0.377 e. The number of likely N-dealkylation sites (tertiary alicyclic amines) is 1. The van der Waals surface area contributed by atoms with Crippen LogP contribution in [0.1, 0.15) is 24.0 Å². The van der Waals surface area contributed by atoms with Gasteiger partial charge >= 0.3 is 0 Å². The largest absolute Gasteiger partial charge is 0.377 e. The Morgan fingerprint density at radius 2 is 2.15 bits per heavy atom. The highest BCUT2D eigenvalue weighted by molar-refractivity contribution is 7.92. The lowest BCUT2D eigenvalue weighted by Crippen LogP contribution is -2.53. The van der Waals surface area contributed by atoms with Crippen molar-refractivity contribution in [2.45, 2.75) is 38.5 Å². The number of nitrogens with one attached hydrogen (secondary N) is 1. The molecule has 0 saturated carbocycles. The van der Waals surface area contributed by atoms with E-state index in [9.17, 15) is 13.2 Å². The first-order chi connectivity index (χ1) is 12.9. The summed E-state index contributed by atoms with van der Waals surface area (Å²) in [5.41, 5.74) is 2.63. The van der Waals surface area contributed by atoms with E-state index < -0.39 is 9.84 Å². The number of sulfone groups is 1. The van der Waals surface area contributed by atoms with E-state index in [2.05, 4.69) is 41.4 Å². The van der Waals surface area contributed by atoms with E-state index in [0.29, 0.717) is 24.9 Å². The van der Waals surface area contributed by atoms with Crippen LogP contribution in [0.25, 0.3) is 0 Å². The molecular weight excluding hydrogens is 364 g/mol. The van der Waals surface area contributed by atoms with Crippen LogP contribution in [-0.4, -0.2) is 62.6 Å². The second kappa shape index (κ2) is 7.53. The number of hydrogen-bond acceptors (Lipinski definition) is 5. The summed E-state index contributed by atoms with van der Waals surface area (Å²) in [5, 5.41) is 2.83. The summed E-state index contributed by atoms with van der Waals surface area (Å²) in [4.78, 5) is 14.7. The topological polar surface area (TPSA) is 75.7 Å². The fourth-order valence-electron chi connectivity index (χ4n) is 4.70. The first-order valence-electron chi connectivity index (χ1n) is 9.77. The van der Waals surface area contributed by atoms with E-state index in [4.69, 9.17) is 4.74 Å². The summed E-state index contributed by atoms with van der Waals surface area (Å²) in [5.74, 6) is 0.969. The highest BCUT2D eigenvalue weighted by Gasteiger charge is 2.42. The maximum absolute atomic E-state index is 12.2. The summed E-state index contributed by atoms with van der Waals surface area (Å²) in [6.07, 6.45) is 1.36. The first-order valence-corrected chi connectivity index (χ1v) is 11.6. The molecule has 3 saturated heterocycles. The van der Waals surface area contributed by atoms with E-state index in [1.165, 1.54) is 11.1 Å². The third-order valence-corrected chi connectivity index (χ3v) is 7.85. The van der Waals surface area contributed by atoms with Crippen LogP contribution in [0.15, 0.2) is 24.3 Å². The number of ether oxygens (including phenoxy) is 1. The van der Waals surface area contributed by atoms with Gasteiger partial charge in [-0.25, -0.2) is 8.42 Å². The molecule has 148 valence electrons. The predicted octanol–water partition coefficient (Wildman–Crippen LogP) is 1.14. The molecule has 1 N–H and O–H groups in total. The van der Waals surface area contributed by atoms with Gasteiger partial charge in [0, 0.05) is 19.0 Å². The van der Waals surface area contributed by atoms with Crippen LogP contribution in [0.3, 0.4) is 0 Å². The van der Waals surface area contributed by atoms with Gasteiger partial charge in [-0.2, -0.15) is 0 Å². The molecule has 0 aromatic heterocycles. The maximum atomic E-state index is 12.2. The third-order valence-electron chi connectivity index (χ3n) is 6.03. The molecule has 1 amide bonds. The smallest absolute Gasteiger partial charge is 0.222 e. The van der Waals surface area contributed by atoms with Gasteiger partial charge in [0.1, 0.15) is 0 Å². The Bertz CT molecular complexity index is 798. The van der Waals surface area contributed by atoms with E-state index in [0.717, 1.165) is 26.1 Å². The molecule has 0 radical (unpaired) electrons. The summed E-state index contributed by atoms with van der Waals surface area (Å²) in [7, 11) is -2.91. The minimum atomic E-state index is -2.91. The zero-order chi connectivity index (χ0) is 19.0. The molecule has 7 heteroatoms. The highest BCUT2D eigenvalue weighted by Crippen LogP contribution is 2.36. The van der Waals surface area contributed by atoms with Gasteiger partial charge in [-0.1, -0.05) is 29.8 Å². The number of aryl methyl sites for hydroxylation is 1. The molecule has 0 bridgehead atoms. The Kier molecular flexibility index (Phi) is 5.27. The van der Waals surface area contributed by atoms with Gasteiger partial charge in [-0.15, -0.1) is 0 Å². The SMILES string of the molecule is Cc1cccc(CN2CC[C@@H]3[C@@H](CO[C@H]3CC(=O)NC3CS(=O)(=O)C3)C2)c1. The molecule has 3 heterocycles. The van der Waals surface area contributed by atoms with Crippen molar-refractivity contribution in [2.75, 3.05) is 31.2 Å². The Hall–Kier alpha value is -1.44. The molecule has 6 nitrogen and oxygen atoms in total. The van der Waals surface area contributed by atoms with Crippen molar-refractivity contribution in [2.24, 2.45) is 11.8 Å². The molecule has 3 aliphatic heterocycles. The van der Waals surface area contributed by atoms with Gasteiger partial charge in [0.05, 0.1) is 36.7 Å². The molecule has 0 aliphatic carbocycles. The van der Waals surface area contributed by atoms with Gasteiger partial charge in [0.2, 0.25) is 5.91 Å². The van der Waals surface area contributed by atoms with E-state index in [1.807, 2.05) is 0 Å². The number of fused-ring (bicyclic) bond motifs is 1. The van der Waals surface area contributed by atoms with Crippen molar-refractivity contribution >= 4 is 15.7 Å². The Morgan fingerprint density at radius 1 is 1.33 bits per heavy atom. The van der Waals surface area contributed by atoms with Crippen LogP contribution in [0.2, 0.25) is 0 Å². The second-order valence-corrected chi connectivity index (χ2v) is 10.5. The fourth-order valence-corrected chi connectivity index (χ4v) is 6.00. The average Bonchev–Trinajstić information content (AvgIpc) is 2.95. The molecule has 4 rings (SSSR count). The summed E-state index contributed by atoms with van der Waals surface area (Å²) < 4.78 is 28.4. The zero-order valence-corrected chi connectivity index (χ0v) is 16.6. The maximum Gasteiger partial charge on any atom is 0.222 e. The van der Waals surface area contributed by atoms with Gasteiger partial charge < -0.3 is 10.1 Å². The number of rotatable bonds is 5. The summed E-state index contributed by atoms with van der Waals surface area (Å²) >= 11 is 0. The summed E-state index contributed by atoms with van der Waals surface area (Å²) in [6, 6.07) is 8.44. The molecule has 0 spiro atoms. The first kappa shape index (κ1) is 18.9.